The Balaban J connectivity index is 1.66. The zero-order valence-electron chi connectivity index (χ0n) is 14.3. The first-order chi connectivity index (χ1) is 12.5. The molecule has 1 N–H and O–H groups in total. The van der Waals surface area contributed by atoms with Gasteiger partial charge in [0.2, 0.25) is 0 Å². The number of anilines is 2. The third-order valence-electron chi connectivity index (χ3n) is 4.17. The molecule has 3 aromatic rings. The number of nitrogens with zero attached hydrogens (tertiary/aromatic N) is 2. The number of carbonyl (C=O) groups is 1. The summed E-state index contributed by atoms with van der Waals surface area (Å²) < 4.78 is 5.88. The summed E-state index contributed by atoms with van der Waals surface area (Å²) in [6, 6.07) is 12.9. The van der Waals surface area contributed by atoms with Gasteiger partial charge < -0.3 is 14.6 Å². The highest BCUT2D eigenvalue weighted by molar-refractivity contribution is 6.36. The van der Waals surface area contributed by atoms with Crippen LogP contribution in [0.3, 0.4) is 0 Å². The quantitative estimate of drug-likeness (QED) is 0.691. The fourth-order valence-electron chi connectivity index (χ4n) is 2.83. The van der Waals surface area contributed by atoms with Crippen LogP contribution in [0.5, 0.6) is 0 Å². The minimum atomic E-state index is -0.169. The number of nitrogens with one attached hydrogen (secondary N) is 1. The van der Waals surface area contributed by atoms with E-state index in [-0.39, 0.29) is 5.91 Å². The topological polar surface area (TPSA) is 58.4 Å². The van der Waals surface area contributed by atoms with Gasteiger partial charge in [0.25, 0.3) is 5.91 Å². The summed E-state index contributed by atoms with van der Waals surface area (Å²) in [5.74, 6) is 1.99. The van der Waals surface area contributed by atoms with Crippen molar-refractivity contribution in [1.29, 1.82) is 0 Å². The maximum absolute atomic E-state index is 12.2. The van der Waals surface area contributed by atoms with Gasteiger partial charge >= 0.3 is 0 Å². The zero-order chi connectivity index (χ0) is 18.3. The van der Waals surface area contributed by atoms with Crippen LogP contribution in [-0.2, 0) is 4.79 Å². The number of halogens is 1. The van der Waals surface area contributed by atoms with E-state index >= 15 is 0 Å². The molecule has 0 unspecified atom stereocenters. The predicted molar refractivity (Wildman–Crippen MR) is 104 cm³/mol. The van der Waals surface area contributed by atoms with Gasteiger partial charge in [-0.1, -0.05) is 11.6 Å². The van der Waals surface area contributed by atoms with E-state index in [4.69, 9.17) is 16.0 Å². The van der Waals surface area contributed by atoms with Crippen molar-refractivity contribution in [1.82, 2.24) is 4.98 Å². The molecular weight excluding hydrogens is 350 g/mol. The number of pyridine rings is 1. The highest BCUT2D eigenvalue weighted by atomic mass is 35.5. The van der Waals surface area contributed by atoms with Crippen LogP contribution in [0.15, 0.2) is 53.1 Å². The van der Waals surface area contributed by atoms with E-state index in [0.717, 1.165) is 22.6 Å². The second kappa shape index (κ2) is 6.35. The number of fused-ring (bicyclic) bond motifs is 1. The number of hydrogen-bond acceptors (Lipinski definition) is 4. The molecule has 1 aromatic carbocycles. The number of benzene rings is 1. The highest BCUT2D eigenvalue weighted by Gasteiger charge is 2.24. The molecule has 1 amide bonds. The van der Waals surface area contributed by atoms with Crippen molar-refractivity contribution >= 4 is 40.7 Å². The molecule has 0 radical (unpaired) electrons. The summed E-state index contributed by atoms with van der Waals surface area (Å²) in [5, 5.41) is 3.41. The molecule has 0 saturated carbocycles. The second-order valence-electron chi connectivity index (χ2n) is 6.20. The molecule has 4 rings (SSSR count). The monoisotopic (exact) mass is 365 g/mol. The van der Waals surface area contributed by atoms with Crippen LogP contribution in [-0.4, -0.2) is 25.0 Å². The maximum Gasteiger partial charge on any atom is 0.256 e. The average Bonchev–Trinajstić information content (AvgIpc) is 3.21. The molecule has 5 nitrogen and oxygen atoms in total. The number of hydrogen-bond donors (Lipinski definition) is 1. The summed E-state index contributed by atoms with van der Waals surface area (Å²) >= 11 is 6.06. The van der Waals surface area contributed by atoms with Crippen molar-refractivity contribution in [3.63, 3.8) is 0 Å². The molecule has 0 spiro atoms. The van der Waals surface area contributed by atoms with Crippen molar-refractivity contribution in [2.75, 3.05) is 24.3 Å². The molecule has 26 heavy (non-hydrogen) atoms. The van der Waals surface area contributed by atoms with Gasteiger partial charge in [-0.25, -0.2) is 4.98 Å². The van der Waals surface area contributed by atoms with Crippen LogP contribution in [0.2, 0.25) is 5.02 Å². The minimum absolute atomic E-state index is 0.169. The number of furan rings is 1. The Kier molecular flexibility index (Phi) is 4.01. The van der Waals surface area contributed by atoms with Gasteiger partial charge in [0.1, 0.15) is 17.3 Å². The van der Waals surface area contributed by atoms with Gasteiger partial charge in [-0.15, -0.1) is 0 Å². The van der Waals surface area contributed by atoms with Crippen molar-refractivity contribution in [2.24, 2.45) is 0 Å². The third-order valence-corrected chi connectivity index (χ3v) is 4.40. The van der Waals surface area contributed by atoms with Crippen molar-refractivity contribution < 1.29 is 9.21 Å². The first kappa shape index (κ1) is 16.4. The lowest BCUT2D eigenvalue weighted by atomic mass is 10.1. The van der Waals surface area contributed by atoms with Crippen LogP contribution < -0.4 is 10.2 Å². The molecule has 1 aliphatic heterocycles. The third kappa shape index (κ3) is 2.97. The first-order valence-corrected chi connectivity index (χ1v) is 8.45. The van der Waals surface area contributed by atoms with Crippen LogP contribution in [0.4, 0.5) is 11.5 Å². The number of aromatic nitrogens is 1. The zero-order valence-corrected chi connectivity index (χ0v) is 15.0. The van der Waals surface area contributed by atoms with Gasteiger partial charge in [0.05, 0.1) is 5.57 Å². The van der Waals surface area contributed by atoms with E-state index < -0.39 is 0 Å². The minimum Gasteiger partial charge on any atom is -0.457 e. The summed E-state index contributed by atoms with van der Waals surface area (Å²) in [5.41, 5.74) is 2.93. The molecule has 2 aromatic heterocycles. The molecule has 6 heteroatoms. The smallest absolute Gasteiger partial charge is 0.256 e. The largest absolute Gasteiger partial charge is 0.457 e. The Morgan fingerprint density at radius 2 is 2.00 bits per heavy atom. The lowest BCUT2D eigenvalue weighted by Crippen LogP contribution is -2.09. The standard InChI is InChI=1S/C20H16ClN3O2/c1-24(2)19-8-3-12(11-22-19)18-7-5-14(26-18)10-16-15-9-13(21)4-6-17(15)23-20(16)25/h3-11H,1-2H3,(H,23,25)/b16-10+. The second-order valence-corrected chi connectivity index (χ2v) is 6.64. The Labute approximate surface area is 155 Å². The van der Waals surface area contributed by atoms with Gasteiger partial charge in [-0.3, -0.25) is 4.79 Å². The first-order valence-electron chi connectivity index (χ1n) is 8.08. The van der Waals surface area contributed by atoms with E-state index in [1.54, 1.807) is 30.5 Å². The summed E-state index contributed by atoms with van der Waals surface area (Å²) in [7, 11) is 3.88. The van der Waals surface area contributed by atoms with Crippen LogP contribution in [0.25, 0.3) is 23.0 Å². The lowest BCUT2D eigenvalue weighted by Gasteiger charge is -2.10. The highest BCUT2D eigenvalue weighted by Crippen LogP contribution is 2.35. The van der Waals surface area contributed by atoms with E-state index in [2.05, 4.69) is 10.3 Å². The molecule has 1 aliphatic rings. The molecule has 0 saturated heterocycles. The van der Waals surface area contributed by atoms with Crippen LogP contribution in [0, 0.1) is 0 Å². The van der Waals surface area contributed by atoms with Crippen molar-refractivity contribution in [3.8, 4) is 11.3 Å². The van der Waals surface area contributed by atoms with Crippen LogP contribution >= 0.6 is 11.6 Å². The van der Waals surface area contributed by atoms with Crippen LogP contribution in [0.1, 0.15) is 11.3 Å². The van der Waals surface area contributed by atoms with E-state index in [0.29, 0.717) is 22.1 Å². The SMILES string of the molecule is CN(C)c1ccc(-c2ccc(/C=C3/C(=O)Nc4ccc(Cl)cc43)o2)cn1. The fourth-order valence-corrected chi connectivity index (χ4v) is 3.00. The number of amides is 1. The molecule has 130 valence electrons. The van der Waals surface area contributed by atoms with Gasteiger partial charge in [-0.05, 0) is 48.5 Å². The average molecular weight is 366 g/mol. The molecule has 0 aliphatic carbocycles. The van der Waals surface area contributed by atoms with Crippen molar-refractivity contribution in [2.45, 2.75) is 0 Å². The Bertz CT molecular complexity index is 1020. The summed E-state index contributed by atoms with van der Waals surface area (Å²) in [4.78, 5) is 18.6. The Morgan fingerprint density at radius 3 is 2.73 bits per heavy atom. The predicted octanol–water partition coefficient (Wildman–Crippen LogP) is 4.55. The van der Waals surface area contributed by atoms with E-state index in [9.17, 15) is 4.79 Å². The van der Waals surface area contributed by atoms with Gasteiger partial charge in [0, 0.05) is 42.1 Å². The fraction of sp³-hybridized carbons (Fsp3) is 0.100. The summed E-state index contributed by atoms with van der Waals surface area (Å²) in [6.45, 7) is 0. The number of carbonyl (C=O) groups excluding carboxylic acids is 1. The van der Waals surface area contributed by atoms with Gasteiger partial charge in [0.15, 0.2) is 0 Å². The van der Waals surface area contributed by atoms with E-state index in [1.165, 1.54) is 0 Å². The van der Waals surface area contributed by atoms with E-state index in [1.807, 2.05) is 43.3 Å². The Morgan fingerprint density at radius 1 is 1.15 bits per heavy atom. The molecular formula is C20H16ClN3O2. The van der Waals surface area contributed by atoms with Gasteiger partial charge in [-0.2, -0.15) is 0 Å². The lowest BCUT2D eigenvalue weighted by molar-refractivity contribution is -0.110. The van der Waals surface area contributed by atoms with Crippen molar-refractivity contribution in [3.05, 3.63) is 65.0 Å². The normalized spacial score (nSPS) is 14.4. The number of rotatable bonds is 3. The molecule has 0 bridgehead atoms. The Hall–Kier alpha value is -3.05. The summed E-state index contributed by atoms with van der Waals surface area (Å²) in [6.07, 6.45) is 3.49. The molecule has 0 atom stereocenters. The molecule has 3 heterocycles. The maximum atomic E-state index is 12.2. The molecule has 0 fully saturated rings.